The minimum Gasteiger partial charge on any atom is -0.383 e. The van der Waals surface area contributed by atoms with Crippen LogP contribution in [0.2, 0.25) is 0 Å². The number of benzene rings is 1. The molecule has 2 N–H and O–H groups in total. The van der Waals surface area contributed by atoms with Gasteiger partial charge in [-0.1, -0.05) is 35.8 Å². The molecule has 0 fully saturated rings. The van der Waals surface area contributed by atoms with E-state index in [1.807, 2.05) is 6.92 Å². The highest BCUT2D eigenvalue weighted by Crippen LogP contribution is 2.29. The smallest absolute Gasteiger partial charge is 0.0637 e. The van der Waals surface area contributed by atoms with Crippen LogP contribution in [0.1, 0.15) is 45.2 Å². The molecule has 0 bridgehead atoms. The molecule has 1 aromatic carbocycles. The van der Waals surface area contributed by atoms with Crippen LogP contribution in [0.15, 0.2) is 22.7 Å². The van der Waals surface area contributed by atoms with Gasteiger partial charge in [0.05, 0.1) is 6.61 Å². The molecule has 1 atom stereocenters. The Balaban J connectivity index is 3.03. The third-order valence-corrected chi connectivity index (χ3v) is 4.41. The first-order valence-electron chi connectivity index (χ1n) is 7.35. The monoisotopic (exact) mass is 342 g/mol. The third-order valence-electron chi connectivity index (χ3n) is 3.73. The molecular weight excluding hydrogens is 316 g/mol. The van der Waals surface area contributed by atoms with E-state index >= 15 is 0 Å². The fraction of sp³-hybridized carbons (Fsp3) is 0.625. The zero-order chi connectivity index (χ0) is 15.1. The van der Waals surface area contributed by atoms with E-state index < -0.39 is 0 Å². The molecule has 20 heavy (non-hydrogen) atoms. The molecule has 1 aromatic rings. The van der Waals surface area contributed by atoms with Gasteiger partial charge < -0.3 is 15.4 Å². The van der Waals surface area contributed by atoms with Gasteiger partial charge >= 0.3 is 0 Å². The average molecular weight is 343 g/mol. The number of nitrogens with zero attached hydrogens (tertiary/aromatic N) is 1. The van der Waals surface area contributed by atoms with Crippen LogP contribution in [0, 0.1) is 0 Å². The number of halogens is 1. The van der Waals surface area contributed by atoms with Crippen LogP contribution in [0.4, 0.5) is 5.69 Å². The molecular formula is C16H27BrN2O. The van der Waals surface area contributed by atoms with E-state index in [9.17, 15) is 0 Å². The van der Waals surface area contributed by atoms with Crippen LogP contribution in [-0.4, -0.2) is 26.3 Å². The Labute approximate surface area is 131 Å². The van der Waals surface area contributed by atoms with Crippen LogP contribution in [0.25, 0.3) is 0 Å². The predicted octanol–water partition coefficient (Wildman–Crippen LogP) is 4.11. The van der Waals surface area contributed by atoms with Gasteiger partial charge in [0.15, 0.2) is 0 Å². The zero-order valence-electron chi connectivity index (χ0n) is 13.0. The maximum Gasteiger partial charge on any atom is 0.0637 e. The third kappa shape index (κ3) is 4.47. The lowest BCUT2D eigenvalue weighted by Gasteiger charge is -2.33. The Kier molecular flexibility index (Phi) is 7.56. The first-order valence-corrected chi connectivity index (χ1v) is 8.15. The molecule has 0 spiro atoms. The van der Waals surface area contributed by atoms with Crippen molar-refractivity contribution in [1.82, 2.24) is 0 Å². The van der Waals surface area contributed by atoms with E-state index in [2.05, 4.69) is 52.9 Å². The van der Waals surface area contributed by atoms with Crippen LogP contribution in [0.5, 0.6) is 0 Å². The van der Waals surface area contributed by atoms with E-state index in [1.165, 1.54) is 5.69 Å². The van der Waals surface area contributed by atoms with Gasteiger partial charge in [-0.15, -0.1) is 0 Å². The van der Waals surface area contributed by atoms with Crippen LogP contribution < -0.4 is 10.6 Å². The molecule has 1 rings (SSSR count). The topological polar surface area (TPSA) is 38.5 Å². The molecule has 114 valence electrons. The summed E-state index contributed by atoms with van der Waals surface area (Å²) in [6.07, 6.45) is 2.26. The van der Waals surface area contributed by atoms with Crippen LogP contribution in [-0.2, 0) is 4.74 Å². The Morgan fingerprint density at radius 2 is 1.95 bits per heavy atom. The lowest BCUT2D eigenvalue weighted by molar-refractivity contribution is 0.202. The van der Waals surface area contributed by atoms with Crippen molar-refractivity contribution in [2.24, 2.45) is 5.73 Å². The molecule has 0 aliphatic rings. The molecule has 0 saturated heterocycles. The molecule has 0 unspecified atom stereocenters. The van der Waals surface area contributed by atoms with Gasteiger partial charge in [0.25, 0.3) is 0 Å². The van der Waals surface area contributed by atoms with Crippen molar-refractivity contribution in [1.29, 1.82) is 0 Å². The van der Waals surface area contributed by atoms with Crippen molar-refractivity contribution >= 4 is 21.6 Å². The maximum absolute atomic E-state index is 5.97. The Bertz CT molecular complexity index is 405. The minimum atomic E-state index is 0.0407. The molecule has 0 aromatic heterocycles. The second kappa shape index (κ2) is 8.65. The largest absolute Gasteiger partial charge is 0.383 e. The van der Waals surface area contributed by atoms with Gasteiger partial charge in [0, 0.05) is 35.9 Å². The second-order valence-corrected chi connectivity index (χ2v) is 6.01. The molecule has 0 heterocycles. The number of anilines is 1. The van der Waals surface area contributed by atoms with Crippen LogP contribution in [0.3, 0.4) is 0 Å². The summed E-state index contributed by atoms with van der Waals surface area (Å²) in [6, 6.07) is 7.04. The van der Waals surface area contributed by atoms with Crippen molar-refractivity contribution < 1.29 is 4.74 Å². The van der Waals surface area contributed by atoms with Gasteiger partial charge in [-0.2, -0.15) is 0 Å². The summed E-state index contributed by atoms with van der Waals surface area (Å²) < 4.78 is 6.33. The number of nitrogens with two attached hydrogens (primary N) is 1. The van der Waals surface area contributed by atoms with Gasteiger partial charge in [-0.3, -0.25) is 0 Å². The second-order valence-electron chi connectivity index (χ2n) is 5.15. The van der Waals surface area contributed by atoms with Gasteiger partial charge in [0.1, 0.15) is 0 Å². The Morgan fingerprint density at radius 1 is 1.30 bits per heavy atom. The summed E-state index contributed by atoms with van der Waals surface area (Å²) in [7, 11) is 1.75. The summed E-state index contributed by atoms with van der Waals surface area (Å²) >= 11 is 3.64. The quantitative estimate of drug-likeness (QED) is 0.772. The van der Waals surface area contributed by atoms with Crippen molar-refractivity contribution in [2.75, 3.05) is 25.2 Å². The molecule has 0 amide bonds. The fourth-order valence-corrected chi connectivity index (χ4v) is 3.23. The normalized spacial score (nSPS) is 12.8. The van der Waals surface area contributed by atoms with E-state index in [0.29, 0.717) is 6.04 Å². The van der Waals surface area contributed by atoms with Crippen LogP contribution >= 0.6 is 15.9 Å². The molecule has 0 radical (unpaired) electrons. The highest BCUT2D eigenvalue weighted by Gasteiger charge is 2.17. The summed E-state index contributed by atoms with van der Waals surface area (Å²) in [4.78, 5) is 2.43. The lowest BCUT2D eigenvalue weighted by atomic mass is 10.1. The van der Waals surface area contributed by atoms with E-state index in [0.717, 1.165) is 36.0 Å². The van der Waals surface area contributed by atoms with Gasteiger partial charge in [-0.25, -0.2) is 0 Å². The van der Waals surface area contributed by atoms with E-state index in [4.69, 9.17) is 10.5 Å². The average Bonchev–Trinajstić information content (AvgIpc) is 2.43. The molecule has 0 saturated carbocycles. The summed E-state index contributed by atoms with van der Waals surface area (Å²) in [5.74, 6) is 0. The number of methoxy groups -OCH3 is 1. The highest BCUT2D eigenvalue weighted by molar-refractivity contribution is 9.10. The van der Waals surface area contributed by atoms with Gasteiger partial charge in [-0.05, 0) is 37.5 Å². The summed E-state index contributed by atoms with van der Waals surface area (Å²) in [5, 5.41) is 0. The Morgan fingerprint density at radius 3 is 2.40 bits per heavy atom. The highest BCUT2D eigenvalue weighted by atomic mass is 79.9. The zero-order valence-corrected chi connectivity index (χ0v) is 14.6. The first-order chi connectivity index (χ1) is 9.54. The van der Waals surface area contributed by atoms with Crippen molar-refractivity contribution in [2.45, 2.75) is 45.7 Å². The van der Waals surface area contributed by atoms with Gasteiger partial charge in [0.2, 0.25) is 0 Å². The number of rotatable bonds is 8. The fourth-order valence-electron chi connectivity index (χ4n) is 2.51. The molecule has 0 aliphatic heterocycles. The van der Waals surface area contributed by atoms with Crippen molar-refractivity contribution in [3.63, 3.8) is 0 Å². The summed E-state index contributed by atoms with van der Waals surface area (Å²) in [6.45, 7) is 8.12. The number of ether oxygens (including phenoxy) is 1. The standard InChI is InChI=1S/C16H27BrN2O/c1-5-13(6-2)19(9-10-20-4)14-7-8-15(12(3)18)16(17)11-14/h7-8,11-13H,5-6,9-10,18H2,1-4H3/t12-/m1/s1. The van der Waals surface area contributed by atoms with E-state index in [1.54, 1.807) is 7.11 Å². The molecule has 3 nitrogen and oxygen atoms in total. The number of hydrogen-bond acceptors (Lipinski definition) is 3. The predicted molar refractivity (Wildman–Crippen MR) is 90.3 cm³/mol. The maximum atomic E-state index is 5.97. The summed E-state index contributed by atoms with van der Waals surface area (Å²) in [5.41, 5.74) is 8.34. The molecule has 0 aliphatic carbocycles. The Hall–Kier alpha value is -0.580. The lowest BCUT2D eigenvalue weighted by Crippen LogP contribution is -2.37. The van der Waals surface area contributed by atoms with Crippen molar-refractivity contribution in [3.05, 3.63) is 28.2 Å². The first kappa shape index (κ1) is 17.5. The number of hydrogen-bond donors (Lipinski definition) is 1. The minimum absolute atomic E-state index is 0.0407. The van der Waals surface area contributed by atoms with Crippen molar-refractivity contribution in [3.8, 4) is 0 Å². The molecule has 4 heteroatoms. The van der Waals surface area contributed by atoms with E-state index in [-0.39, 0.29) is 6.04 Å². The SMILES string of the molecule is CCC(CC)N(CCOC)c1ccc([C@@H](C)N)c(Br)c1.